The molecule has 0 aliphatic rings. The average molecular weight is 375 g/mol. The zero-order valence-electron chi connectivity index (χ0n) is 17.8. The molecule has 0 radical (unpaired) electrons. The molecule has 148 valence electrons. The van der Waals surface area contributed by atoms with Gasteiger partial charge in [0.1, 0.15) is 0 Å². The molecule has 0 aliphatic heterocycles. The summed E-state index contributed by atoms with van der Waals surface area (Å²) in [6.07, 6.45) is 24.2. The molecular weight excluding hydrogens is 332 g/mol. The Morgan fingerprint density at radius 1 is 1.04 bits per heavy atom. The summed E-state index contributed by atoms with van der Waals surface area (Å²) in [5.41, 5.74) is 1.21. The summed E-state index contributed by atoms with van der Waals surface area (Å²) in [5, 5.41) is 0.628. The van der Waals surface area contributed by atoms with Gasteiger partial charge in [-0.05, 0) is 57.8 Å². The molecule has 0 spiro atoms. The monoisotopic (exact) mass is 374 g/mol. The van der Waals surface area contributed by atoms with E-state index in [0.717, 1.165) is 12.2 Å². The Morgan fingerprint density at radius 3 is 2.35 bits per heavy atom. The van der Waals surface area contributed by atoms with Gasteiger partial charge in [0.05, 0.1) is 0 Å². The van der Waals surface area contributed by atoms with E-state index in [0.29, 0.717) is 17.1 Å². The van der Waals surface area contributed by atoms with Crippen molar-refractivity contribution in [3.05, 3.63) is 61.3 Å². The molecule has 0 bridgehead atoms. The van der Waals surface area contributed by atoms with Crippen LogP contribution in [-0.4, -0.2) is 11.0 Å². The molecule has 0 fully saturated rings. The summed E-state index contributed by atoms with van der Waals surface area (Å²) in [5.74, 6) is 2.26. The van der Waals surface area contributed by atoms with Gasteiger partial charge < -0.3 is 0 Å². The summed E-state index contributed by atoms with van der Waals surface area (Å²) >= 11 is 2.06. The van der Waals surface area contributed by atoms with E-state index < -0.39 is 0 Å². The first-order chi connectivity index (χ1) is 12.6. The summed E-state index contributed by atoms with van der Waals surface area (Å²) in [4.78, 5) is 0. The standard InChI is InChI=1S/C25H42S/c1-7-12-15-16-18-23(17-13-8-2)19-20-24(22(6)10-4)25(11-5)26-21-14-9-3/h8-10,13-14,16,18,23-25H,4,6-7,11-12,15,17,19-21H2,1-3,5H3/b13-8-,14-9-,18-16-. The topological polar surface area (TPSA) is 0 Å². The van der Waals surface area contributed by atoms with E-state index in [9.17, 15) is 0 Å². The lowest BCUT2D eigenvalue weighted by atomic mass is 9.86. The second-order valence-electron chi connectivity index (χ2n) is 6.95. The zero-order valence-corrected chi connectivity index (χ0v) is 18.6. The molecular formula is C25H42S. The molecule has 0 aromatic rings. The molecule has 0 aromatic carbocycles. The van der Waals surface area contributed by atoms with E-state index in [1.807, 2.05) is 6.08 Å². The highest BCUT2D eigenvalue weighted by Crippen LogP contribution is 2.33. The Labute approximate surface area is 168 Å². The highest BCUT2D eigenvalue weighted by molar-refractivity contribution is 8.00. The molecule has 0 N–H and O–H groups in total. The van der Waals surface area contributed by atoms with Gasteiger partial charge in [0.15, 0.2) is 0 Å². The van der Waals surface area contributed by atoms with Crippen LogP contribution in [-0.2, 0) is 0 Å². The predicted molar refractivity (Wildman–Crippen MR) is 125 cm³/mol. The van der Waals surface area contributed by atoms with Crippen molar-refractivity contribution in [3.63, 3.8) is 0 Å². The first kappa shape index (κ1) is 25.1. The Balaban J connectivity index is 4.93. The number of hydrogen-bond acceptors (Lipinski definition) is 1. The normalized spacial score (nSPS) is 15.7. The second-order valence-corrected chi connectivity index (χ2v) is 8.22. The third-order valence-electron chi connectivity index (χ3n) is 4.89. The van der Waals surface area contributed by atoms with Gasteiger partial charge in [0.25, 0.3) is 0 Å². The molecule has 0 nitrogen and oxygen atoms in total. The minimum absolute atomic E-state index is 0.532. The zero-order chi connectivity index (χ0) is 19.6. The number of hydrogen-bond donors (Lipinski definition) is 0. The molecule has 0 saturated carbocycles. The van der Waals surface area contributed by atoms with Crippen LogP contribution in [0.2, 0.25) is 0 Å². The van der Waals surface area contributed by atoms with Gasteiger partial charge in [-0.25, -0.2) is 0 Å². The van der Waals surface area contributed by atoms with E-state index in [1.165, 1.54) is 44.1 Å². The van der Waals surface area contributed by atoms with E-state index in [-0.39, 0.29) is 0 Å². The minimum Gasteiger partial charge on any atom is -0.154 e. The van der Waals surface area contributed by atoms with Crippen LogP contribution in [0.25, 0.3) is 0 Å². The third kappa shape index (κ3) is 11.6. The maximum Gasteiger partial charge on any atom is 0.0116 e. The van der Waals surface area contributed by atoms with Crippen LogP contribution >= 0.6 is 11.8 Å². The van der Waals surface area contributed by atoms with Gasteiger partial charge in [-0.15, -0.1) is 0 Å². The van der Waals surface area contributed by atoms with Gasteiger partial charge in [0, 0.05) is 11.0 Å². The minimum atomic E-state index is 0.532. The lowest BCUT2D eigenvalue weighted by molar-refractivity contribution is 0.461. The Bertz CT molecular complexity index is 441. The lowest BCUT2D eigenvalue weighted by Gasteiger charge is -2.27. The largest absolute Gasteiger partial charge is 0.154 e. The van der Waals surface area contributed by atoms with Gasteiger partial charge in [0.2, 0.25) is 0 Å². The Hall–Kier alpha value is -0.950. The Morgan fingerprint density at radius 2 is 1.77 bits per heavy atom. The van der Waals surface area contributed by atoms with Gasteiger partial charge in [-0.2, -0.15) is 11.8 Å². The van der Waals surface area contributed by atoms with Crippen LogP contribution in [0.5, 0.6) is 0 Å². The molecule has 0 rings (SSSR count). The summed E-state index contributed by atoms with van der Waals surface area (Å²) in [6.45, 7) is 17.1. The fourth-order valence-corrected chi connectivity index (χ4v) is 4.49. The van der Waals surface area contributed by atoms with Crippen LogP contribution in [0.4, 0.5) is 0 Å². The van der Waals surface area contributed by atoms with Crippen LogP contribution in [0.15, 0.2) is 61.3 Å². The molecule has 3 unspecified atom stereocenters. The molecule has 3 atom stereocenters. The maximum absolute atomic E-state index is 4.32. The van der Waals surface area contributed by atoms with E-state index in [1.54, 1.807) is 0 Å². The number of allylic oxidation sites excluding steroid dienone is 7. The molecule has 26 heavy (non-hydrogen) atoms. The first-order valence-electron chi connectivity index (χ1n) is 10.5. The molecule has 0 saturated heterocycles. The molecule has 0 amide bonds. The fraction of sp³-hybridized carbons (Fsp3) is 0.600. The van der Waals surface area contributed by atoms with Crippen molar-refractivity contribution in [3.8, 4) is 0 Å². The first-order valence-corrected chi connectivity index (χ1v) is 11.5. The summed E-state index contributed by atoms with van der Waals surface area (Å²) in [7, 11) is 0. The molecule has 0 aliphatic carbocycles. The Kier molecular flexibility index (Phi) is 16.8. The average Bonchev–Trinajstić information content (AvgIpc) is 2.66. The van der Waals surface area contributed by atoms with Gasteiger partial charge in [-0.3, -0.25) is 0 Å². The third-order valence-corrected chi connectivity index (χ3v) is 6.36. The predicted octanol–water partition coefficient (Wildman–Crippen LogP) is 8.54. The van der Waals surface area contributed by atoms with Crippen molar-refractivity contribution in [1.82, 2.24) is 0 Å². The van der Waals surface area contributed by atoms with Crippen LogP contribution in [0.1, 0.15) is 72.6 Å². The molecule has 1 heteroatoms. The van der Waals surface area contributed by atoms with Crippen LogP contribution in [0.3, 0.4) is 0 Å². The second kappa shape index (κ2) is 17.5. The summed E-state index contributed by atoms with van der Waals surface area (Å²) in [6, 6.07) is 0. The van der Waals surface area contributed by atoms with E-state index in [4.69, 9.17) is 0 Å². The SMILES string of the molecule is C=CC(=C)C(CCC(/C=C\CCCC)C/C=C\C)C(CC)SC/C=C\C. The molecule has 0 heterocycles. The number of rotatable bonds is 16. The smallest absolute Gasteiger partial charge is 0.0116 e. The van der Waals surface area contributed by atoms with E-state index in [2.05, 4.69) is 89.1 Å². The van der Waals surface area contributed by atoms with Crippen molar-refractivity contribution in [1.29, 1.82) is 0 Å². The van der Waals surface area contributed by atoms with Crippen molar-refractivity contribution in [2.45, 2.75) is 77.9 Å². The van der Waals surface area contributed by atoms with Crippen LogP contribution < -0.4 is 0 Å². The van der Waals surface area contributed by atoms with Crippen molar-refractivity contribution in [2.24, 2.45) is 11.8 Å². The molecule has 0 aromatic heterocycles. The van der Waals surface area contributed by atoms with Crippen molar-refractivity contribution in [2.75, 3.05) is 5.75 Å². The number of unbranched alkanes of at least 4 members (excludes halogenated alkanes) is 2. The quantitative estimate of drug-likeness (QED) is 0.148. The fourth-order valence-electron chi connectivity index (χ4n) is 3.16. The van der Waals surface area contributed by atoms with Crippen molar-refractivity contribution < 1.29 is 0 Å². The van der Waals surface area contributed by atoms with Gasteiger partial charge in [-0.1, -0.05) is 88.0 Å². The van der Waals surface area contributed by atoms with Crippen molar-refractivity contribution >= 4 is 11.8 Å². The highest BCUT2D eigenvalue weighted by Gasteiger charge is 2.22. The lowest BCUT2D eigenvalue weighted by Crippen LogP contribution is -2.19. The van der Waals surface area contributed by atoms with Crippen LogP contribution in [0, 0.1) is 11.8 Å². The van der Waals surface area contributed by atoms with Gasteiger partial charge >= 0.3 is 0 Å². The maximum atomic E-state index is 4.32. The number of thioether (sulfide) groups is 1. The van der Waals surface area contributed by atoms with E-state index >= 15 is 0 Å². The summed E-state index contributed by atoms with van der Waals surface area (Å²) < 4.78 is 0. The highest BCUT2D eigenvalue weighted by atomic mass is 32.2.